The van der Waals surface area contributed by atoms with Crippen LogP contribution >= 0.6 is 0 Å². The Balaban J connectivity index is -0.0000000729. The Hall–Kier alpha value is -0.621. The van der Waals surface area contributed by atoms with Gasteiger partial charge in [0.05, 0.1) is 11.9 Å². The summed E-state index contributed by atoms with van der Waals surface area (Å²) in [6.45, 7) is 5.95. The molecule has 17 heavy (non-hydrogen) atoms. The molecule has 104 valence electrons. The first-order chi connectivity index (χ1) is 7.47. The van der Waals surface area contributed by atoms with Crippen molar-refractivity contribution in [3.63, 3.8) is 0 Å². The summed E-state index contributed by atoms with van der Waals surface area (Å²) in [5.74, 6) is -4.37. The van der Waals surface area contributed by atoms with E-state index in [0.29, 0.717) is 0 Å². The molecule has 0 amide bonds. The van der Waals surface area contributed by atoms with Crippen LogP contribution in [0.4, 0.5) is 0 Å². The van der Waals surface area contributed by atoms with Gasteiger partial charge in [-0.15, -0.1) is 0 Å². The maximum atomic E-state index is 8.93. The zero-order valence-corrected chi connectivity index (χ0v) is 11.5. The number of carbonyl (C=O) groups is 2. The normalized spacial score (nSPS) is 7.53. The van der Waals surface area contributed by atoms with Gasteiger partial charge in [0.1, 0.15) is 0 Å². The van der Waals surface area contributed by atoms with Crippen LogP contribution in [0.5, 0.6) is 0 Å². The Morgan fingerprint density at radius 3 is 1.12 bits per heavy atom. The number of hydrogen-bond acceptors (Lipinski definition) is 6. The van der Waals surface area contributed by atoms with E-state index in [2.05, 4.69) is 13.8 Å². The maximum absolute atomic E-state index is 8.93. The fourth-order valence-electron chi connectivity index (χ4n) is 0.408. The van der Waals surface area contributed by atoms with Gasteiger partial charge in [-0.2, -0.15) is 0 Å². The third-order valence-electron chi connectivity index (χ3n) is 1.28. The first-order valence-electron chi connectivity index (χ1n) is 5.30. The standard InChI is InChI=1S/2C4H11N.C2H2O4.Fe/c2*1-2-3-4-5;3-1(4)2(5)6;/h2*2-5H2,1H3;(H,3,4)(H,5,6);/q;;;+2/p-2. The average molecular weight is 290 g/mol. The second-order valence-electron chi connectivity index (χ2n) is 2.86. The molecule has 0 fully saturated rings. The van der Waals surface area contributed by atoms with Gasteiger partial charge in [-0.1, -0.05) is 26.7 Å². The van der Waals surface area contributed by atoms with Crippen LogP contribution in [0.15, 0.2) is 0 Å². The van der Waals surface area contributed by atoms with Crippen molar-refractivity contribution >= 4 is 11.9 Å². The van der Waals surface area contributed by atoms with Gasteiger partial charge in [-0.3, -0.25) is 0 Å². The predicted octanol–water partition coefficient (Wildman–Crippen LogP) is -2.03. The van der Waals surface area contributed by atoms with E-state index in [4.69, 9.17) is 31.3 Å². The van der Waals surface area contributed by atoms with Gasteiger partial charge < -0.3 is 31.3 Å². The molecule has 0 heterocycles. The molecule has 0 bridgehead atoms. The number of aliphatic carboxylic acids is 2. The average Bonchev–Trinajstić information content (AvgIpc) is 2.22. The zero-order valence-electron chi connectivity index (χ0n) is 10.4. The molecule has 0 unspecified atom stereocenters. The largest absolute Gasteiger partial charge is 2.00 e. The Kier molecular flexibility index (Phi) is 36.5. The Morgan fingerprint density at radius 1 is 0.882 bits per heavy atom. The summed E-state index contributed by atoms with van der Waals surface area (Å²) >= 11 is 0. The smallest absolute Gasteiger partial charge is 0.543 e. The molecule has 0 spiro atoms. The predicted molar refractivity (Wildman–Crippen MR) is 57.9 cm³/mol. The van der Waals surface area contributed by atoms with E-state index in [1.165, 1.54) is 25.7 Å². The molecule has 0 aromatic heterocycles. The SMILES string of the molecule is CCCCN.CCCCN.O=C([O-])C(=O)[O-].[Fe+2]. The van der Waals surface area contributed by atoms with Crippen LogP contribution in [0.25, 0.3) is 0 Å². The molecule has 0 rings (SSSR count). The monoisotopic (exact) mass is 290 g/mol. The van der Waals surface area contributed by atoms with Crippen LogP contribution in [-0.2, 0) is 26.7 Å². The van der Waals surface area contributed by atoms with Gasteiger partial charge >= 0.3 is 17.1 Å². The van der Waals surface area contributed by atoms with Crippen molar-refractivity contribution in [3.8, 4) is 0 Å². The molecule has 7 heteroatoms. The van der Waals surface area contributed by atoms with Crippen molar-refractivity contribution in [2.24, 2.45) is 11.5 Å². The molecular weight excluding hydrogens is 268 g/mol. The number of hydrogen-bond donors (Lipinski definition) is 2. The molecule has 0 aliphatic rings. The molecule has 0 radical (unpaired) electrons. The molecule has 0 atom stereocenters. The molecule has 4 N–H and O–H groups in total. The van der Waals surface area contributed by atoms with Crippen LogP contribution in [0.1, 0.15) is 39.5 Å². The van der Waals surface area contributed by atoms with Crippen LogP contribution < -0.4 is 21.7 Å². The van der Waals surface area contributed by atoms with Crippen molar-refractivity contribution < 1.29 is 36.9 Å². The van der Waals surface area contributed by atoms with Gasteiger partial charge in [0.25, 0.3) is 0 Å². The van der Waals surface area contributed by atoms with E-state index < -0.39 is 11.9 Å². The topological polar surface area (TPSA) is 132 Å². The van der Waals surface area contributed by atoms with E-state index >= 15 is 0 Å². The second-order valence-corrected chi connectivity index (χ2v) is 2.86. The van der Waals surface area contributed by atoms with Crippen molar-refractivity contribution in [1.82, 2.24) is 0 Å². The molecular formula is C10H22FeN2O4. The number of nitrogens with two attached hydrogens (primary N) is 2. The molecule has 0 saturated heterocycles. The molecule has 0 saturated carbocycles. The first kappa shape index (κ1) is 25.3. The quantitative estimate of drug-likeness (QED) is 0.453. The summed E-state index contributed by atoms with van der Waals surface area (Å²) < 4.78 is 0. The minimum Gasteiger partial charge on any atom is -0.543 e. The molecule has 0 aliphatic heterocycles. The van der Waals surface area contributed by atoms with Crippen LogP contribution in [0.2, 0.25) is 0 Å². The molecule has 6 nitrogen and oxygen atoms in total. The van der Waals surface area contributed by atoms with Crippen molar-refractivity contribution in [3.05, 3.63) is 0 Å². The first-order valence-corrected chi connectivity index (χ1v) is 5.30. The Bertz CT molecular complexity index is 146. The van der Waals surface area contributed by atoms with E-state index in [-0.39, 0.29) is 17.1 Å². The fraction of sp³-hybridized carbons (Fsp3) is 0.800. The minimum absolute atomic E-state index is 0. The second kappa shape index (κ2) is 24.6. The Labute approximate surface area is 113 Å². The van der Waals surface area contributed by atoms with Gasteiger partial charge in [0.2, 0.25) is 0 Å². The summed E-state index contributed by atoms with van der Waals surface area (Å²) in [7, 11) is 0. The van der Waals surface area contributed by atoms with Crippen molar-refractivity contribution in [2.45, 2.75) is 39.5 Å². The molecule has 0 aromatic carbocycles. The van der Waals surface area contributed by atoms with E-state index in [0.717, 1.165) is 13.1 Å². The number of unbranched alkanes of at least 4 members (excludes halogenated alkanes) is 2. The summed E-state index contributed by atoms with van der Waals surface area (Å²) in [4.78, 5) is 17.9. The van der Waals surface area contributed by atoms with Crippen LogP contribution in [0, 0.1) is 0 Å². The third kappa shape index (κ3) is 50.6. The van der Waals surface area contributed by atoms with Crippen LogP contribution in [-0.4, -0.2) is 25.0 Å². The summed E-state index contributed by atoms with van der Waals surface area (Å²) in [5.41, 5.74) is 10.3. The number of carbonyl (C=O) groups excluding carboxylic acids is 2. The molecule has 0 aromatic rings. The van der Waals surface area contributed by atoms with Gasteiger partial charge in [-0.05, 0) is 25.9 Å². The van der Waals surface area contributed by atoms with E-state index in [1.54, 1.807) is 0 Å². The van der Waals surface area contributed by atoms with Gasteiger partial charge in [0, 0.05) is 0 Å². The third-order valence-corrected chi connectivity index (χ3v) is 1.28. The van der Waals surface area contributed by atoms with E-state index in [9.17, 15) is 0 Å². The number of rotatable bonds is 4. The van der Waals surface area contributed by atoms with Gasteiger partial charge in [-0.25, -0.2) is 0 Å². The number of carboxylic acids is 2. The van der Waals surface area contributed by atoms with Crippen molar-refractivity contribution in [1.29, 1.82) is 0 Å². The maximum Gasteiger partial charge on any atom is 2.00 e. The summed E-state index contributed by atoms with van der Waals surface area (Å²) in [6, 6.07) is 0. The van der Waals surface area contributed by atoms with Crippen LogP contribution in [0.3, 0.4) is 0 Å². The Morgan fingerprint density at radius 2 is 1.12 bits per heavy atom. The summed E-state index contributed by atoms with van der Waals surface area (Å²) in [5, 5.41) is 17.9. The van der Waals surface area contributed by atoms with Crippen molar-refractivity contribution in [2.75, 3.05) is 13.1 Å². The minimum atomic E-state index is -2.19. The van der Waals surface area contributed by atoms with Gasteiger partial charge in [0.15, 0.2) is 0 Å². The fourth-order valence-corrected chi connectivity index (χ4v) is 0.408. The zero-order chi connectivity index (χ0) is 13.4. The van der Waals surface area contributed by atoms with E-state index in [1.807, 2.05) is 0 Å². The number of carboxylic acid groups (broad SMARTS) is 2. The summed E-state index contributed by atoms with van der Waals surface area (Å²) in [6.07, 6.45) is 4.77. The molecule has 0 aliphatic carbocycles.